The summed E-state index contributed by atoms with van der Waals surface area (Å²) in [6, 6.07) is 16.4. The number of amides is 1. The second-order valence-electron chi connectivity index (χ2n) is 5.94. The summed E-state index contributed by atoms with van der Waals surface area (Å²) in [4.78, 5) is 11.7. The summed E-state index contributed by atoms with van der Waals surface area (Å²) in [6.45, 7) is 2.07. The van der Waals surface area contributed by atoms with E-state index in [-0.39, 0.29) is 19.6 Å². The molecule has 0 bridgehead atoms. The highest BCUT2D eigenvalue weighted by molar-refractivity contribution is 5.67. The number of nitrogens with zero attached hydrogens (tertiary/aromatic N) is 1. The van der Waals surface area contributed by atoms with E-state index in [0.29, 0.717) is 11.1 Å². The van der Waals surface area contributed by atoms with Crippen molar-refractivity contribution in [3.05, 3.63) is 70.8 Å². The molecule has 2 unspecified atom stereocenters. The van der Waals surface area contributed by atoms with Crippen molar-refractivity contribution in [2.45, 2.75) is 32.2 Å². The van der Waals surface area contributed by atoms with Gasteiger partial charge >= 0.3 is 6.09 Å². The maximum absolute atomic E-state index is 11.7. The van der Waals surface area contributed by atoms with Gasteiger partial charge in [0, 0.05) is 12.1 Å². The molecule has 0 saturated carbocycles. The van der Waals surface area contributed by atoms with Crippen LogP contribution in [0.15, 0.2) is 48.5 Å². The molecule has 2 aromatic carbocycles. The van der Waals surface area contributed by atoms with E-state index in [0.717, 1.165) is 11.1 Å². The van der Waals surface area contributed by atoms with Crippen molar-refractivity contribution >= 4 is 6.09 Å². The number of carbonyl (C=O) groups is 1. The zero-order valence-electron chi connectivity index (χ0n) is 14.6. The van der Waals surface area contributed by atoms with Crippen LogP contribution in [0, 0.1) is 18.3 Å². The predicted octanol–water partition coefficient (Wildman–Crippen LogP) is 2.58. The minimum atomic E-state index is -1.20. The first kappa shape index (κ1) is 19.4. The lowest BCUT2D eigenvalue weighted by Crippen LogP contribution is -2.30. The van der Waals surface area contributed by atoms with Gasteiger partial charge in [-0.05, 0) is 30.5 Å². The van der Waals surface area contributed by atoms with Crippen LogP contribution in [0.3, 0.4) is 0 Å². The highest BCUT2D eigenvalue weighted by atomic mass is 16.5. The van der Waals surface area contributed by atoms with Crippen LogP contribution in [0.2, 0.25) is 0 Å². The van der Waals surface area contributed by atoms with E-state index in [2.05, 4.69) is 5.32 Å². The van der Waals surface area contributed by atoms with E-state index in [9.17, 15) is 15.0 Å². The Kier molecular flexibility index (Phi) is 7.15. The number of aliphatic hydroxyl groups is 2. The molecule has 3 N–H and O–H groups in total. The van der Waals surface area contributed by atoms with Crippen LogP contribution in [0.25, 0.3) is 0 Å². The van der Waals surface area contributed by atoms with Gasteiger partial charge in [-0.15, -0.1) is 0 Å². The molecule has 0 spiro atoms. The Bertz CT molecular complexity index is 771. The summed E-state index contributed by atoms with van der Waals surface area (Å²) >= 11 is 0. The number of ether oxygens (including phenoxy) is 1. The summed E-state index contributed by atoms with van der Waals surface area (Å²) in [5.74, 6) is 0. The number of hydrogen-bond donors (Lipinski definition) is 3. The molecule has 0 aromatic heterocycles. The zero-order chi connectivity index (χ0) is 18.9. The maximum atomic E-state index is 11.7. The molecule has 6 nitrogen and oxygen atoms in total. The third kappa shape index (κ3) is 5.31. The monoisotopic (exact) mass is 354 g/mol. The zero-order valence-corrected chi connectivity index (χ0v) is 14.6. The molecule has 2 rings (SSSR count). The second-order valence-corrected chi connectivity index (χ2v) is 5.94. The molecule has 2 aromatic rings. The van der Waals surface area contributed by atoms with Gasteiger partial charge in [-0.25, -0.2) is 4.79 Å². The van der Waals surface area contributed by atoms with Crippen LogP contribution in [-0.2, 0) is 11.3 Å². The van der Waals surface area contributed by atoms with Gasteiger partial charge in [-0.1, -0.05) is 42.5 Å². The highest BCUT2D eigenvalue weighted by Gasteiger charge is 2.23. The van der Waals surface area contributed by atoms with Crippen molar-refractivity contribution in [2.24, 2.45) is 0 Å². The SMILES string of the molecule is Cc1cccc(C#N)c1C(O)C(O)CCNC(=O)OCc1ccccc1. The van der Waals surface area contributed by atoms with Crippen molar-refractivity contribution in [1.29, 1.82) is 5.26 Å². The fourth-order valence-corrected chi connectivity index (χ4v) is 2.62. The third-order valence-electron chi connectivity index (χ3n) is 4.03. The molecule has 0 aliphatic heterocycles. The Labute approximate surface area is 152 Å². The van der Waals surface area contributed by atoms with E-state index in [1.165, 1.54) is 0 Å². The molecule has 1 amide bonds. The molecule has 0 aliphatic carbocycles. The maximum Gasteiger partial charge on any atom is 0.407 e. The van der Waals surface area contributed by atoms with E-state index in [1.807, 2.05) is 36.4 Å². The smallest absolute Gasteiger partial charge is 0.407 e. The van der Waals surface area contributed by atoms with Crippen molar-refractivity contribution in [1.82, 2.24) is 5.32 Å². The summed E-state index contributed by atoms with van der Waals surface area (Å²) in [5.41, 5.74) is 2.34. The largest absolute Gasteiger partial charge is 0.445 e. The van der Waals surface area contributed by atoms with Crippen molar-refractivity contribution in [3.8, 4) is 6.07 Å². The number of carbonyl (C=O) groups excluding carboxylic acids is 1. The number of rotatable bonds is 7. The first-order valence-electron chi connectivity index (χ1n) is 8.33. The molecule has 0 aliphatic rings. The summed E-state index contributed by atoms with van der Waals surface area (Å²) in [6.07, 6.45) is -2.78. The average Bonchev–Trinajstić information content (AvgIpc) is 2.66. The van der Waals surface area contributed by atoms with Crippen molar-refractivity contribution < 1.29 is 19.7 Å². The predicted molar refractivity (Wildman–Crippen MR) is 96.1 cm³/mol. The van der Waals surface area contributed by atoms with Gasteiger partial charge < -0.3 is 20.3 Å². The third-order valence-corrected chi connectivity index (χ3v) is 4.03. The standard InChI is InChI=1S/C20H22N2O4/c1-14-6-5-9-16(12-21)18(14)19(24)17(23)10-11-22-20(25)26-13-15-7-3-2-4-8-15/h2-9,17,19,23-24H,10-11,13H2,1H3,(H,22,25). The Morgan fingerprint density at radius 3 is 2.62 bits per heavy atom. The van der Waals surface area contributed by atoms with Crippen LogP contribution < -0.4 is 5.32 Å². The first-order valence-corrected chi connectivity index (χ1v) is 8.33. The molecule has 26 heavy (non-hydrogen) atoms. The number of benzene rings is 2. The van der Waals surface area contributed by atoms with E-state index >= 15 is 0 Å². The van der Waals surface area contributed by atoms with Crippen molar-refractivity contribution in [2.75, 3.05) is 6.54 Å². The Morgan fingerprint density at radius 1 is 1.19 bits per heavy atom. The van der Waals surface area contributed by atoms with Crippen LogP contribution >= 0.6 is 0 Å². The molecular formula is C20H22N2O4. The summed E-state index contributed by atoms with van der Waals surface area (Å²) < 4.78 is 5.07. The minimum absolute atomic E-state index is 0.126. The normalized spacial score (nSPS) is 12.7. The quantitative estimate of drug-likeness (QED) is 0.709. The van der Waals surface area contributed by atoms with Crippen molar-refractivity contribution in [3.63, 3.8) is 0 Å². The van der Waals surface area contributed by atoms with Gasteiger partial charge in [-0.3, -0.25) is 0 Å². The number of aliphatic hydroxyl groups excluding tert-OH is 2. The van der Waals surface area contributed by atoms with E-state index in [4.69, 9.17) is 10.00 Å². The van der Waals surface area contributed by atoms with Gasteiger partial charge in [-0.2, -0.15) is 5.26 Å². The van der Waals surface area contributed by atoms with Crippen LogP contribution in [0.4, 0.5) is 4.79 Å². The number of nitrogens with one attached hydrogen (secondary N) is 1. The Balaban J connectivity index is 1.80. The van der Waals surface area contributed by atoms with Crippen LogP contribution in [0.5, 0.6) is 0 Å². The molecule has 0 radical (unpaired) electrons. The van der Waals surface area contributed by atoms with Gasteiger partial charge in [0.15, 0.2) is 0 Å². The second kappa shape index (κ2) is 9.56. The van der Waals surface area contributed by atoms with Gasteiger partial charge in [0.1, 0.15) is 12.7 Å². The molecule has 0 fully saturated rings. The minimum Gasteiger partial charge on any atom is -0.445 e. The first-order chi connectivity index (χ1) is 12.5. The molecule has 136 valence electrons. The fraction of sp³-hybridized carbons (Fsp3) is 0.300. The molecule has 6 heteroatoms. The Morgan fingerprint density at radius 2 is 1.92 bits per heavy atom. The lowest BCUT2D eigenvalue weighted by molar-refractivity contribution is 0.0131. The van der Waals surface area contributed by atoms with E-state index < -0.39 is 18.3 Å². The van der Waals surface area contributed by atoms with Crippen LogP contribution in [0.1, 0.15) is 34.8 Å². The van der Waals surface area contributed by atoms with E-state index in [1.54, 1.807) is 25.1 Å². The summed E-state index contributed by atoms with van der Waals surface area (Å²) in [5, 5.41) is 32.2. The van der Waals surface area contributed by atoms with Crippen LogP contribution in [-0.4, -0.2) is 29.0 Å². The topological polar surface area (TPSA) is 103 Å². The lowest BCUT2D eigenvalue weighted by atomic mass is 9.93. The number of aryl methyl sites for hydroxylation is 1. The van der Waals surface area contributed by atoms with Gasteiger partial charge in [0.05, 0.1) is 17.7 Å². The fourth-order valence-electron chi connectivity index (χ4n) is 2.62. The highest BCUT2D eigenvalue weighted by Crippen LogP contribution is 2.25. The van der Waals surface area contributed by atoms with Gasteiger partial charge in [0.2, 0.25) is 0 Å². The molecular weight excluding hydrogens is 332 g/mol. The Hall–Kier alpha value is -2.88. The number of hydrogen-bond acceptors (Lipinski definition) is 5. The average molecular weight is 354 g/mol. The molecule has 2 atom stereocenters. The van der Waals surface area contributed by atoms with Gasteiger partial charge in [0.25, 0.3) is 0 Å². The number of alkyl carbamates (subject to hydrolysis) is 1. The lowest BCUT2D eigenvalue weighted by Gasteiger charge is -2.21. The molecule has 0 heterocycles. The molecule has 0 saturated heterocycles. The summed E-state index contributed by atoms with van der Waals surface area (Å²) in [7, 11) is 0. The number of nitriles is 1.